The molecule has 1 heterocycles. The molecule has 1 amide bonds. The van der Waals surface area contributed by atoms with Crippen LogP contribution in [0.4, 0.5) is 18.9 Å². The van der Waals surface area contributed by atoms with Gasteiger partial charge in [0.1, 0.15) is 0 Å². The van der Waals surface area contributed by atoms with Crippen LogP contribution in [0.15, 0.2) is 24.3 Å². The highest BCUT2D eigenvalue weighted by Crippen LogP contribution is 2.30. The third kappa shape index (κ3) is 5.85. The van der Waals surface area contributed by atoms with Gasteiger partial charge in [-0.1, -0.05) is 11.6 Å². The normalized spacial score (nSPS) is 17.5. The van der Waals surface area contributed by atoms with E-state index < -0.39 is 12.6 Å². The Morgan fingerprint density at radius 1 is 1.23 bits per heavy atom. The van der Waals surface area contributed by atoms with Crippen LogP contribution in [0.1, 0.15) is 19.3 Å². The second-order valence-electron chi connectivity index (χ2n) is 5.59. The van der Waals surface area contributed by atoms with Crippen LogP contribution in [0.25, 0.3) is 0 Å². The van der Waals surface area contributed by atoms with E-state index in [1.807, 2.05) is 4.90 Å². The molecule has 3 nitrogen and oxygen atoms in total. The van der Waals surface area contributed by atoms with Gasteiger partial charge in [0.15, 0.2) is 0 Å². The maximum Gasteiger partial charge on any atom is 0.389 e. The number of rotatable bonds is 4. The molecule has 0 spiro atoms. The number of hydrogen-bond donors (Lipinski definition) is 1. The summed E-state index contributed by atoms with van der Waals surface area (Å²) in [5, 5.41) is 3.33. The first kappa shape index (κ1) is 17.1. The van der Waals surface area contributed by atoms with Gasteiger partial charge in [0, 0.05) is 17.1 Å². The van der Waals surface area contributed by atoms with Gasteiger partial charge in [0.2, 0.25) is 5.91 Å². The number of benzene rings is 1. The fourth-order valence-electron chi connectivity index (χ4n) is 2.61. The SMILES string of the molecule is O=C(CN1CCC(CC(F)(F)F)CC1)Nc1ccc(Cl)cc1. The molecule has 7 heteroatoms. The van der Waals surface area contributed by atoms with E-state index in [2.05, 4.69) is 5.32 Å². The van der Waals surface area contributed by atoms with Gasteiger partial charge in [-0.2, -0.15) is 13.2 Å². The van der Waals surface area contributed by atoms with Crippen LogP contribution in [0, 0.1) is 5.92 Å². The van der Waals surface area contributed by atoms with E-state index in [0.717, 1.165) is 0 Å². The minimum Gasteiger partial charge on any atom is -0.325 e. The predicted molar refractivity (Wildman–Crippen MR) is 79.9 cm³/mol. The van der Waals surface area contributed by atoms with Gasteiger partial charge in [-0.15, -0.1) is 0 Å². The molecule has 1 aliphatic heterocycles. The van der Waals surface area contributed by atoms with E-state index in [4.69, 9.17) is 11.6 Å². The monoisotopic (exact) mass is 334 g/mol. The van der Waals surface area contributed by atoms with Gasteiger partial charge in [-0.25, -0.2) is 0 Å². The van der Waals surface area contributed by atoms with E-state index in [9.17, 15) is 18.0 Å². The molecule has 0 aromatic heterocycles. The molecule has 0 atom stereocenters. The highest BCUT2D eigenvalue weighted by Gasteiger charge is 2.33. The topological polar surface area (TPSA) is 32.3 Å². The van der Waals surface area contributed by atoms with Crippen molar-refractivity contribution in [2.45, 2.75) is 25.4 Å². The third-order valence-corrected chi connectivity index (χ3v) is 3.97. The van der Waals surface area contributed by atoms with Gasteiger partial charge < -0.3 is 5.32 Å². The average Bonchev–Trinajstić information content (AvgIpc) is 2.42. The number of amides is 1. The van der Waals surface area contributed by atoms with Crippen molar-refractivity contribution in [3.63, 3.8) is 0 Å². The summed E-state index contributed by atoms with van der Waals surface area (Å²) in [6.07, 6.45) is -3.86. The van der Waals surface area contributed by atoms with Crippen molar-refractivity contribution >= 4 is 23.2 Å². The Hall–Kier alpha value is -1.27. The maximum absolute atomic E-state index is 12.3. The van der Waals surface area contributed by atoms with Gasteiger partial charge in [-0.3, -0.25) is 9.69 Å². The van der Waals surface area contributed by atoms with E-state index in [1.54, 1.807) is 24.3 Å². The molecule has 22 heavy (non-hydrogen) atoms. The van der Waals surface area contributed by atoms with Crippen LogP contribution in [-0.4, -0.2) is 36.6 Å². The lowest BCUT2D eigenvalue weighted by atomic mass is 9.93. The number of hydrogen-bond acceptors (Lipinski definition) is 2. The van der Waals surface area contributed by atoms with Crippen LogP contribution in [0.2, 0.25) is 5.02 Å². The fraction of sp³-hybridized carbons (Fsp3) is 0.533. The number of carbonyl (C=O) groups is 1. The number of anilines is 1. The zero-order valence-electron chi connectivity index (χ0n) is 12.0. The van der Waals surface area contributed by atoms with Gasteiger partial charge in [0.05, 0.1) is 6.54 Å². The van der Waals surface area contributed by atoms with Crippen molar-refractivity contribution in [1.82, 2.24) is 4.90 Å². The van der Waals surface area contributed by atoms with E-state index >= 15 is 0 Å². The summed E-state index contributed by atoms with van der Waals surface area (Å²) in [5.41, 5.74) is 0.654. The minimum atomic E-state index is -4.10. The molecular weight excluding hydrogens is 317 g/mol. The van der Waals surface area contributed by atoms with Crippen molar-refractivity contribution in [1.29, 1.82) is 0 Å². The smallest absolute Gasteiger partial charge is 0.325 e. The van der Waals surface area contributed by atoms with Crippen LogP contribution in [0.3, 0.4) is 0 Å². The van der Waals surface area contributed by atoms with E-state index in [1.165, 1.54) is 0 Å². The molecule has 0 saturated carbocycles. The summed E-state index contributed by atoms with van der Waals surface area (Å²) < 4.78 is 37.0. The first-order chi connectivity index (χ1) is 10.3. The molecule has 1 saturated heterocycles. The number of halogens is 4. The lowest BCUT2D eigenvalue weighted by molar-refractivity contribution is -0.147. The first-order valence-electron chi connectivity index (χ1n) is 7.16. The number of nitrogens with one attached hydrogen (secondary N) is 1. The summed E-state index contributed by atoms with van der Waals surface area (Å²) in [5.74, 6) is -0.493. The molecule has 0 bridgehead atoms. The average molecular weight is 335 g/mol. The molecule has 1 N–H and O–H groups in total. The van der Waals surface area contributed by atoms with E-state index in [0.29, 0.717) is 36.6 Å². The lowest BCUT2D eigenvalue weighted by Crippen LogP contribution is -2.40. The molecular formula is C15H18ClF3N2O. The predicted octanol–water partition coefficient (Wildman–Crippen LogP) is 3.94. The standard InChI is InChI=1S/C15H18ClF3N2O/c16-12-1-3-13(4-2-12)20-14(22)10-21-7-5-11(6-8-21)9-15(17,18)19/h1-4,11H,5-10H2,(H,20,22). The second-order valence-corrected chi connectivity index (χ2v) is 6.03. The largest absolute Gasteiger partial charge is 0.389 e. The Bertz CT molecular complexity index is 497. The summed E-state index contributed by atoms with van der Waals surface area (Å²) in [6, 6.07) is 6.77. The number of alkyl halides is 3. The molecule has 1 fully saturated rings. The van der Waals surface area contributed by atoms with Gasteiger partial charge >= 0.3 is 6.18 Å². The maximum atomic E-state index is 12.3. The van der Waals surface area contributed by atoms with E-state index in [-0.39, 0.29) is 18.4 Å². The lowest BCUT2D eigenvalue weighted by Gasteiger charge is -2.31. The van der Waals surface area contributed by atoms with Crippen molar-refractivity contribution in [2.24, 2.45) is 5.92 Å². The van der Waals surface area contributed by atoms with Crippen molar-refractivity contribution in [2.75, 3.05) is 25.0 Å². The van der Waals surface area contributed by atoms with Crippen LogP contribution in [-0.2, 0) is 4.79 Å². The summed E-state index contributed by atoms with van der Waals surface area (Å²) >= 11 is 5.76. The Labute approximate surface area is 132 Å². The molecule has 2 rings (SSSR count). The zero-order chi connectivity index (χ0) is 16.2. The van der Waals surface area contributed by atoms with Crippen molar-refractivity contribution in [3.8, 4) is 0 Å². The zero-order valence-corrected chi connectivity index (χ0v) is 12.8. The Balaban J connectivity index is 1.73. The highest BCUT2D eigenvalue weighted by molar-refractivity contribution is 6.30. The van der Waals surface area contributed by atoms with Crippen LogP contribution in [0.5, 0.6) is 0 Å². The van der Waals surface area contributed by atoms with Crippen LogP contribution >= 0.6 is 11.6 Å². The summed E-state index contributed by atoms with van der Waals surface area (Å²) in [4.78, 5) is 13.8. The molecule has 1 aliphatic rings. The number of nitrogens with zero attached hydrogens (tertiary/aromatic N) is 1. The van der Waals surface area contributed by atoms with Gasteiger partial charge in [0.25, 0.3) is 0 Å². The molecule has 0 unspecified atom stereocenters. The molecule has 1 aromatic rings. The minimum absolute atomic E-state index is 0.170. The Kier molecular flexibility index (Phi) is 5.69. The van der Waals surface area contributed by atoms with Crippen molar-refractivity contribution < 1.29 is 18.0 Å². The van der Waals surface area contributed by atoms with Crippen molar-refractivity contribution in [3.05, 3.63) is 29.3 Å². The summed E-state index contributed by atoms with van der Waals surface area (Å²) in [6.45, 7) is 1.24. The third-order valence-electron chi connectivity index (χ3n) is 3.72. The first-order valence-corrected chi connectivity index (χ1v) is 7.54. The Morgan fingerprint density at radius 3 is 2.36 bits per heavy atom. The second kappa shape index (κ2) is 7.33. The quantitative estimate of drug-likeness (QED) is 0.904. The number of piperidine rings is 1. The highest BCUT2D eigenvalue weighted by atomic mass is 35.5. The molecule has 0 aliphatic carbocycles. The summed E-state index contributed by atoms with van der Waals surface area (Å²) in [7, 11) is 0. The van der Waals surface area contributed by atoms with Gasteiger partial charge in [-0.05, 0) is 56.1 Å². The number of likely N-dealkylation sites (tertiary alicyclic amines) is 1. The Morgan fingerprint density at radius 2 is 1.82 bits per heavy atom. The molecule has 1 aromatic carbocycles. The van der Waals surface area contributed by atoms with Crippen LogP contribution < -0.4 is 5.32 Å². The number of carbonyl (C=O) groups excluding carboxylic acids is 1. The fourth-order valence-corrected chi connectivity index (χ4v) is 2.74. The molecule has 0 radical (unpaired) electrons. The molecule has 122 valence electrons.